The molecule has 0 saturated heterocycles. The van der Waals surface area contributed by atoms with Crippen LogP contribution >= 0.6 is 0 Å². The van der Waals surface area contributed by atoms with E-state index in [0.29, 0.717) is 29.9 Å². The van der Waals surface area contributed by atoms with Crippen molar-refractivity contribution in [2.24, 2.45) is 0 Å². The van der Waals surface area contributed by atoms with Crippen molar-refractivity contribution in [3.05, 3.63) is 39.7 Å². The first-order valence-corrected chi connectivity index (χ1v) is 7.88. The lowest BCUT2D eigenvalue weighted by molar-refractivity contribution is -0.143. The highest BCUT2D eigenvalue weighted by Crippen LogP contribution is 2.28. The summed E-state index contributed by atoms with van der Waals surface area (Å²) in [6.07, 6.45) is 0.749. The third kappa shape index (κ3) is 4.22. The van der Waals surface area contributed by atoms with Gasteiger partial charge in [0.25, 0.3) is 0 Å². The third-order valence-corrected chi connectivity index (χ3v) is 3.55. The molecular formula is C18H20O6. The molecule has 128 valence electrons. The zero-order valence-electron chi connectivity index (χ0n) is 14.0. The summed E-state index contributed by atoms with van der Waals surface area (Å²) in [5, 5.41) is 0.741. The van der Waals surface area contributed by atoms with E-state index in [4.69, 9.17) is 13.9 Å². The highest BCUT2D eigenvalue weighted by atomic mass is 16.5. The first-order chi connectivity index (χ1) is 11.4. The summed E-state index contributed by atoms with van der Waals surface area (Å²) in [6, 6.07) is 4.71. The van der Waals surface area contributed by atoms with Crippen LogP contribution in [-0.4, -0.2) is 18.5 Å². The van der Waals surface area contributed by atoms with Gasteiger partial charge < -0.3 is 13.9 Å². The summed E-state index contributed by atoms with van der Waals surface area (Å²) < 4.78 is 15.4. The molecule has 6 nitrogen and oxygen atoms in total. The van der Waals surface area contributed by atoms with E-state index in [2.05, 4.69) is 0 Å². The molecule has 0 spiro atoms. The summed E-state index contributed by atoms with van der Waals surface area (Å²) >= 11 is 0. The smallest absolute Gasteiger partial charge is 0.336 e. The lowest BCUT2D eigenvalue weighted by atomic mass is 10.0. The predicted molar refractivity (Wildman–Crippen MR) is 88.1 cm³/mol. The number of hydrogen-bond donors (Lipinski definition) is 0. The van der Waals surface area contributed by atoms with Crippen molar-refractivity contribution in [2.45, 2.75) is 40.0 Å². The van der Waals surface area contributed by atoms with E-state index in [1.165, 1.54) is 12.1 Å². The Morgan fingerprint density at radius 1 is 1.12 bits per heavy atom. The third-order valence-electron chi connectivity index (χ3n) is 3.55. The maximum Gasteiger partial charge on any atom is 0.336 e. The van der Waals surface area contributed by atoms with E-state index < -0.39 is 11.6 Å². The highest BCUT2D eigenvalue weighted by Gasteiger charge is 2.14. The van der Waals surface area contributed by atoms with Crippen molar-refractivity contribution < 1.29 is 23.5 Å². The van der Waals surface area contributed by atoms with Crippen molar-refractivity contribution >= 4 is 22.9 Å². The minimum Gasteiger partial charge on any atom is -0.466 e. The number of esters is 2. The molecule has 0 saturated carbocycles. The number of hydrogen-bond acceptors (Lipinski definition) is 6. The number of benzene rings is 1. The zero-order valence-corrected chi connectivity index (χ0v) is 14.0. The van der Waals surface area contributed by atoms with E-state index in [-0.39, 0.29) is 18.8 Å². The SMILES string of the molecule is CCOC(=O)CCc1cc2c(C)cc(=O)oc2cc1OC(=O)CC. The van der Waals surface area contributed by atoms with Crippen LogP contribution in [0.5, 0.6) is 5.75 Å². The maximum atomic E-state index is 11.6. The Morgan fingerprint density at radius 2 is 1.88 bits per heavy atom. The molecule has 1 aromatic carbocycles. The van der Waals surface area contributed by atoms with Gasteiger partial charge in [0, 0.05) is 30.4 Å². The van der Waals surface area contributed by atoms with Crippen LogP contribution in [0.2, 0.25) is 0 Å². The van der Waals surface area contributed by atoms with Crippen LogP contribution in [0.25, 0.3) is 11.0 Å². The molecule has 2 rings (SSSR count). The van der Waals surface area contributed by atoms with Gasteiger partial charge in [-0.15, -0.1) is 0 Å². The van der Waals surface area contributed by atoms with Gasteiger partial charge in [-0.3, -0.25) is 9.59 Å². The zero-order chi connectivity index (χ0) is 17.7. The molecule has 0 aliphatic rings. The van der Waals surface area contributed by atoms with Gasteiger partial charge in [0.2, 0.25) is 0 Å². The second kappa shape index (κ2) is 7.77. The van der Waals surface area contributed by atoms with E-state index >= 15 is 0 Å². The molecule has 0 bridgehead atoms. The number of aryl methyl sites for hydroxylation is 2. The van der Waals surface area contributed by atoms with Crippen molar-refractivity contribution in [2.75, 3.05) is 6.61 Å². The molecule has 2 aromatic rings. The molecule has 1 aromatic heterocycles. The summed E-state index contributed by atoms with van der Waals surface area (Å²) in [5.74, 6) is -0.421. The predicted octanol–water partition coefficient (Wildman–Crippen LogP) is 2.91. The molecular weight excluding hydrogens is 312 g/mol. The summed E-state index contributed by atoms with van der Waals surface area (Å²) in [6.45, 7) is 5.55. The summed E-state index contributed by atoms with van der Waals surface area (Å²) in [7, 11) is 0. The average Bonchev–Trinajstić information content (AvgIpc) is 2.53. The Balaban J connectivity index is 2.44. The van der Waals surface area contributed by atoms with Crippen LogP contribution in [-0.2, 0) is 20.7 Å². The molecule has 0 radical (unpaired) electrons. The van der Waals surface area contributed by atoms with Crippen LogP contribution in [0.1, 0.15) is 37.8 Å². The first kappa shape index (κ1) is 17.7. The fraction of sp³-hybridized carbons (Fsp3) is 0.389. The lowest BCUT2D eigenvalue weighted by Crippen LogP contribution is -2.10. The number of carbonyl (C=O) groups excluding carboxylic acids is 2. The highest BCUT2D eigenvalue weighted by molar-refractivity contribution is 5.84. The van der Waals surface area contributed by atoms with Gasteiger partial charge in [-0.25, -0.2) is 4.79 Å². The Hall–Kier alpha value is -2.63. The van der Waals surface area contributed by atoms with Gasteiger partial charge in [-0.05, 0) is 37.5 Å². The maximum absolute atomic E-state index is 11.6. The van der Waals surface area contributed by atoms with Gasteiger partial charge in [0.15, 0.2) is 0 Å². The Kier molecular flexibility index (Phi) is 5.73. The standard InChI is InChI=1S/C18H20O6/c1-4-16(19)23-14-10-15-13(11(3)8-18(21)24-15)9-12(14)6-7-17(20)22-5-2/h8-10H,4-7H2,1-3H3. The van der Waals surface area contributed by atoms with E-state index in [0.717, 1.165) is 10.9 Å². The Morgan fingerprint density at radius 3 is 2.54 bits per heavy atom. The van der Waals surface area contributed by atoms with Crippen molar-refractivity contribution in [1.82, 2.24) is 0 Å². The summed E-state index contributed by atoms with van der Waals surface area (Å²) in [5.41, 5.74) is 1.33. The molecule has 0 N–H and O–H groups in total. The molecule has 6 heteroatoms. The fourth-order valence-corrected chi connectivity index (χ4v) is 2.35. The fourth-order valence-electron chi connectivity index (χ4n) is 2.35. The first-order valence-electron chi connectivity index (χ1n) is 7.88. The van der Waals surface area contributed by atoms with Gasteiger partial charge >= 0.3 is 17.6 Å². The topological polar surface area (TPSA) is 82.8 Å². The minimum atomic E-state index is -0.466. The quantitative estimate of drug-likeness (QED) is 0.459. The van der Waals surface area contributed by atoms with Crippen molar-refractivity contribution in [3.63, 3.8) is 0 Å². The molecule has 0 aliphatic heterocycles. The second-order valence-corrected chi connectivity index (χ2v) is 5.34. The van der Waals surface area contributed by atoms with Gasteiger partial charge in [-0.2, -0.15) is 0 Å². The van der Waals surface area contributed by atoms with Crippen LogP contribution in [0.4, 0.5) is 0 Å². The van der Waals surface area contributed by atoms with Crippen LogP contribution in [0, 0.1) is 6.92 Å². The lowest BCUT2D eigenvalue weighted by Gasteiger charge is -2.12. The molecule has 1 heterocycles. The monoisotopic (exact) mass is 332 g/mol. The molecule has 0 fully saturated rings. The normalized spacial score (nSPS) is 10.6. The number of ether oxygens (including phenoxy) is 2. The number of fused-ring (bicyclic) bond motifs is 1. The van der Waals surface area contributed by atoms with Crippen LogP contribution in [0.15, 0.2) is 27.4 Å². The minimum absolute atomic E-state index is 0.172. The van der Waals surface area contributed by atoms with Gasteiger partial charge in [0.05, 0.1) is 6.61 Å². The second-order valence-electron chi connectivity index (χ2n) is 5.34. The number of carbonyl (C=O) groups is 2. The van der Waals surface area contributed by atoms with E-state index in [9.17, 15) is 14.4 Å². The molecule has 0 atom stereocenters. The Labute approximate surface area is 139 Å². The Bertz CT molecular complexity index is 818. The molecule has 0 unspecified atom stereocenters. The van der Waals surface area contributed by atoms with Gasteiger partial charge in [-0.1, -0.05) is 6.92 Å². The number of rotatable bonds is 6. The largest absolute Gasteiger partial charge is 0.466 e. The molecule has 24 heavy (non-hydrogen) atoms. The van der Waals surface area contributed by atoms with E-state index in [1.54, 1.807) is 26.8 Å². The van der Waals surface area contributed by atoms with Crippen LogP contribution in [0.3, 0.4) is 0 Å². The van der Waals surface area contributed by atoms with Gasteiger partial charge in [0.1, 0.15) is 11.3 Å². The van der Waals surface area contributed by atoms with E-state index in [1.807, 2.05) is 0 Å². The van der Waals surface area contributed by atoms with Crippen molar-refractivity contribution in [1.29, 1.82) is 0 Å². The molecule has 0 aliphatic carbocycles. The summed E-state index contributed by atoms with van der Waals surface area (Å²) in [4.78, 5) is 34.8. The molecule has 0 amide bonds. The van der Waals surface area contributed by atoms with Crippen molar-refractivity contribution in [3.8, 4) is 5.75 Å². The van der Waals surface area contributed by atoms with Crippen LogP contribution < -0.4 is 10.4 Å². The average molecular weight is 332 g/mol.